The Morgan fingerprint density at radius 3 is 2.75 bits per heavy atom. The van der Waals surface area contributed by atoms with Crippen LogP contribution < -0.4 is 0 Å². The molecular formula is C25H36O3. The topological polar surface area (TPSA) is 43.4 Å². The molecule has 3 nitrogen and oxygen atoms in total. The minimum absolute atomic E-state index is 0.103. The van der Waals surface area contributed by atoms with Crippen LogP contribution in [0.2, 0.25) is 0 Å². The summed E-state index contributed by atoms with van der Waals surface area (Å²) in [6.45, 7) is 7.18. The summed E-state index contributed by atoms with van der Waals surface area (Å²) in [5, 5.41) is 0. The Balaban J connectivity index is 1.58. The molecule has 3 heteroatoms. The molecular weight excluding hydrogens is 348 g/mol. The van der Waals surface area contributed by atoms with E-state index in [1.165, 1.54) is 44.8 Å². The molecule has 28 heavy (non-hydrogen) atoms. The van der Waals surface area contributed by atoms with Gasteiger partial charge in [-0.25, -0.2) is 0 Å². The third kappa shape index (κ3) is 2.92. The van der Waals surface area contributed by atoms with Gasteiger partial charge in [0.2, 0.25) is 0 Å². The van der Waals surface area contributed by atoms with Crippen LogP contribution >= 0.6 is 0 Å². The van der Waals surface area contributed by atoms with Gasteiger partial charge in [-0.15, -0.1) is 0 Å². The normalized spacial score (nSPS) is 42.9. The maximum atomic E-state index is 13.3. The number of allylic oxidation sites excluding steroid dienone is 4. The van der Waals surface area contributed by atoms with E-state index in [1.54, 1.807) is 0 Å². The zero-order chi connectivity index (χ0) is 20.1. The monoisotopic (exact) mass is 384 g/mol. The second-order valence-corrected chi connectivity index (χ2v) is 10.4. The van der Waals surface area contributed by atoms with Crippen LogP contribution in [-0.4, -0.2) is 18.9 Å². The fraction of sp³-hybridized carbons (Fsp3) is 0.760. The van der Waals surface area contributed by atoms with Gasteiger partial charge in [0.1, 0.15) is 0 Å². The maximum absolute atomic E-state index is 13.3. The standard InChI is InChI=1S/C25H36O3/c1-16(8-11-22(27)28-4)18-9-10-19-23-20(12-14-25(18,19)3)24(2)13-6-5-7-17(24)15-21(23)26/h5,7,15-16,18-20,23H,6,8-14H2,1-4H3. The lowest BCUT2D eigenvalue weighted by atomic mass is 9.47. The van der Waals surface area contributed by atoms with Crippen molar-refractivity contribution < 1.29 is 14.3 Å². The lowest BCUT2D eigenvalue weighted by molar-refractivity contribution is -0.141. The number of hydrogen-bond acceptors (Lipinski definition) is 3. The molecule has 4 aliphatic carbocycles. The van der Waals surface area contributed by atoms with Crippen LogP contribution in [-0.2, 0) is 14.3 Å². The Hall–Kier alpha value is -1.38. The van der Waals surface area contributed by atoms with Crippen molar-refractivity contribution in [2.24, 2.45) is 40.4 Å². The predicted molar refractivity (Wildman–Crippen MR) is 111 cm³/mol. The number of rotatable bonds is 4. The third-order valence-electron chi connectivity index (χ3n) is 9.29. The van der Waals surface area contributed by atoms with Crippen molar-refractivity contribution in [2.75, 3.05) is 7.11 Å². The highest BCUT2D eigenvalue weighted by Crippen LogP contribution is 2.66. The average Bonchev–Trinajstić information content (AvgIpc) is 3.03. The first-order valence-corrected chi connectivity index (χ1v) is 11.3. The van der Waals surface area contributed by atoms with Gasteiger partial charge in [-0.2, -0.15) is 0 Å². The van der Waals surface area contributed by atoms with Gasteiger partial charge in [-0.3, -0.25) is 9.59 Å². The van der Waals surface area contributed by atoms with Crippen LogP contribution in [0.1, 0.15) is 72.1 Å². The molecule has 0 aromatic heterocycles. The molecule has 0 amide bonds. The van der Waals surface area contributed by atoms with Crippen LogP contribution in [0.4, 0.5) is 0 Å². The molecule has 0 aromatic rings. The summed E-state index contributed by atoms with van der Waals surface area (Å²) in [5.74, 6) is 2.62. The zero-order valence-electron chi connectivity index (χ0n) is 18.0. The smallest absolute Gasteiger partial charge is 0.305 e. The Morgan fingerprint density at radius 2 is 2.00 bits per heavy atom. The van der Waals surface area contributed by atoms with Crippen molar-refractivity contribution in [3.8, 4) is 0 Å². The van der Waals surface area contributed by atoms with Crippen LogP contribution in [0, 0.1) is 40.4 Å². The van der Waals surface area contributed by atoms with Gasteiger partial charge in [-0.05, 0) is 91.1 Å². The van der Waals surface area contributed by atoms with Crippen molar-refractivity contribution in [3.05, 3.63) is 23.8 Å². The molecule has 154 valence electrons. The first-order valence-electron chi connectivity index (χ1n) is 11.3. The molecule has 0 aromatic carbocycles. The van der Waals surface area contributed by atoms with E-state index in [0.717, 1.165) is 12.8 Å². The molecule has 4 aliphatic rings. The van der Waals surface area contributed by atoms with E-state index >= 15 is 0 Å². The molecule has 0 N–H and O–H groups in total. The Kier molecular flexibility index (Phi) is 5.08. The fourth-order valence-corrected chi connectivity index (χ4v) is 7.67. The number of fused-ring (bicyclic) bond motifs is 5. The number of ketones is 1. The first-order chi connectivity index (χ1) is 13.3. The highest BCUT2D eigenvalue weighted by molar-refractivity contribution is 5.95. The van der Waals surface area contributed by atoms with E-state index in [-0.39, 0.29) is 22.7 Å². The molecule has 0 spiro atoms. The summed E-state index contributed by atoms with van der Waals surface area (Å²) in [7, 11) is 1.47. The van der Waals surface area contributed by atoms with Crippen LogP contribution in [0.3, 0.4) is 0 Å². The van der Waals surface area contributed by atoms with Gasteiger partial charge in [0, 0.05) is 12.3 Å². The molecule has 0 heterocycles. The highest BCUT2D eigenvalue weighted by Gasteiger charge is 2.60. The van der Waals surface area contributed by atoms with E-state index < -0.39 is 0 Å². The summed E-state index contributed by atoms with van der Waals surface area (Å²) in [5.41, 5.74) is 1.71. The van der Waals surface area contributed by atoms with Gasteiger partial charge in [0.15, 0.2) is 5.78 Å². The molecule has 7 unspecified atom stereocenters. The summed E-state index contributed by atoms with van der Waals surface area (Å²) in [4.78, 5) is 24.9. The van der Waals surface area contributed by atoms with Crippen LogP contribution in [0.5, 0.6) is 0 Å². The minimum atomic E-state index is -0.103. The van der Waals surface area contributed by atoms with Gasteiger partial charge in [0.05, 0.1) is 7.11 Å². The minimum Gasteiger partial charge on any atom is -0.469 e. The quantitative estimate of drug-likeness (QED) is 0.601. The molecule has 0 aliphatic heterocycles. The van der Waals surface area contributed by atoms with Crippen molar-refractivity contribution in [1.29, 1.82) is 0 Å². The second-order valence-electron chi connectivity index (χ2n) is 10.4. The van der Waals surface area contributed by atoms with Crippen molar-refractivity contribution in [3.63, 3.8) is 0 Å². The number of hydrogen-bond donors (Lipinski definition) is 0. The van der Waals surface area contributed by atoms with E-state index in [9.17, 15) is 9.59 Å². The lowest BCUT2D eigenvalue weighted by Gasteiger charge is -2.56. The molecule has 7 atom stereocenters. The largest absolute Gasteiger partial charge is 0.469 e. The van der Waals surface area contributed by atoms with Crippen molar-refractivity contribution >= 4 is 11.8 Å². The predicted octanol–water partition coefficient (Wildman–Crippen LogP) is 5.50. The summed E-state index contributed by atoms with van der Waals surface area (Å²) >= 11 is 0. The fourth-order valence-electron chi connectivity index (χ4n) is 7.67. The zero-order valence-corrected chi connectivity index (χ0v) is 18.0. The lowest BCUT2D eigenvalue weighted by Crippen LogP contribution is -2.52. The summed E-state index contributed by atoms with van der Waals surface area (Å²) in [6, 6.07) is 0. The number of ether oxygens (including phenoxy) is 1. The number of methoxy groups -OCH3 is 1. The molecule has 0 radical (unpaired) electrons. The molecule has 2 fully saturated rings. The first kappa shape index (κ1) is 19.9. The number of esters is 1. The van der Waals surface area contributed by atoms with E-state index in [0.29, 0.717) is 35.9 Å². The summed E-state index contributed by atoms with van der Waals surface area (Å²) in [6.07, 6.45) is 15.0. The third-order valence-corrected chi connectivity index (χ3v) is 9.29. The Labute approximate surface area is 170 Å². The van der Waals surface area contributed by atoms with E-state index in [4.69, 9.17) is 4.74 Å². The Morgan fingerprint density at radius 1 is 1.21 bits per heavy atom. The van der Waals surface area contributed by atoms with Crippen LogP contribution in [0.25, 0.3) is 0 Å². The molecule has 2 saturated carbocycles. The van der Waals surface area contributed by atoms with Crippen molar-refractivity contribution in [2.45, 2.75) is 72.1 Å². The number of carbonyl (C=O) groups excluding carboxylic acids is 2. The molecule has 4 rings (SSSR count). The molecule has 0 bridgehead atoms. The van der Waals surface area contributed by atoms with Gasteiger partial charge >= 0.3 is 5.97 Å². The SMILES string of the molecule is COC(=O)CCC(C)C1CCC2C3C(=O)C=C4C=CCCC4(C)C3CCC12C. The Bertz CT molecular complexity index is 719. The summed E-state index contributed by atoms with van der Waals surface area (Å²) < 4.78 is 4.85. The molecule has 0 saturated heterocycles. The van der Waals surface area contributed by atoms with E-state index in [1.807, 2.05) is 6.08 Å². The maximum Gasteiger partial charge on any atom is 0.305 e. The van der Waals surface area contributed by atoms with E-state index in [2.05, 4.69) is 32.9 Å². The van der Waals surface area contributed by atoms with Gasteiger partial charge < -0.3 is 4.74 Å². The van der Waals surface area contributed by atoms with Crippen LogP contribution in [0.15, 0.2) is 23.8 Å². The van der Waals surface area contributed by atoms with Crippen molar-refractivity contribution in [1.82, 2.24) is 0 Å². The highest BCUT2D eigenvalue weighted by atomic mass is 16.5. The second kappa shape index (κ2) is 7.15. The van der Waals surface area contributed by atoms with Gasteiger partial charge in [-0.1, -0.05) is 32.9 Å². The number of carbonyl (C=O) groups is 2. The van der Waals surface area contributed by atoms with Gasteiger partial charge in [0.25, 0.3) is 0 Å². The average molecular weight is 385 g/mol.